The lowest BCUT2D eigenvalue weighted by molar-refractivity contribution is -0.118. The monoisotopic (exact) mass is 350 g/mol. The predicted octanol–water partition coefficient (Wildman–Crippen LogP) is 3.06. The van der Waals surface area contributed by atoms with E-state index in [4.69, 9.17) is 15.2 Å². The van der Waals surface area contributed by atoms with Gasteiger partial charge in [0.2, 0.25) is 0 Å². The summed E-state index contributed by atoms with van der Waals surface area (Å²) in [5.41, 5.74) is 6.92. The zero-order chi connectivity index (χ0) is 15.2. The number of hydrogen-bond donors (Lipinski definition) is 2. The Morgan fingerprint density at radius 3 is 2.76 bits per heavy atom. The number of benzene rings is 2. The highest BCUT2D eigenvalue weighted by molar-refractivity contribution is 9.10. The van der Waals surface area contributed by atoms with E-state index in [2.05, 4.69) is 21.2 Å². The molecule has 0 bridgehead atoms. The van der Waals surface area contributed by atoms with Gasteiger partial charge >= 0.3 is 0 Å². The van der Waals surface area contributed by atoms with Crippen molar-refractivity contribution in [3.63, 3.8) is 0 Å². The van der Waals surface area contributed by atoms with E-state index < -0.39 is 0 Å². The summed E-state index contributed by atoms with van der Waals surface area (Å²) in [7, 11) is 1.53. The lowest BCUT2D eigenvalue weighted by atomic mass is 10.3. The summed E-state index contributed by atoms with van der Waals surface area (Å²) in [6.45, 7) is -0.133. The van der Waals surface area contributed by atoms with Crippen LogP contribution >= 0.6 is 15.9 Å². The molecule has 21 heavy (non-hydrogen) atoms. The van der Waals surface area contributed by atoms with E-state index in [1.54, 1.807) is 30.3 Å². The number of nitrogens with one attached hydrogen (secondary N) is 1. The molecule has 2 rings (SSSR count). The molecule has 0 spiro atoms. The van der Waals surface area contributed by atoms with Gasteiger partial charge in [-0.25, -0.2) is 0 Å². The van der Waals surface area contributed by atoms with Crippen LogP contribution in [-0.2, 0) is 4.79 Å². The van der Waals surface area contributed by atoms with Crippen LogP contribution in [0.25, 0.3) is 0 Å². The maximum Gasteiger partial charge on any atom is 0.262 e. The Kier molecular flexibility index (Phi) is 5.05. The lowest BCUT2D eigenvalue weighted by Crippen LogP contribution is -2.20. The Balaban J connectivity index is 1.96. The first kappa shape index (κ1) is 15.2. The van der Waals surface area contributed by atoms with Crippen LogP contribution in [0.1, 0.15) is 0 Å². The number of amides is 1. The molecule has 0 fully saturated rings. The molecular weight excluding hydrogens is 336 g/mol. The van der Waals surface area contributed by atoms with E-state index in [0.29, 0.717) is 22.9 Å². The Hall–Kier alpha value is -2.21. The van der Waals surface area contributed by atoms with Crippen molar-refractivity contribution < 1.29 is 14.3 Å². The minimum Gasteiger partial charge on any atom is -0.493 e. The third kappa shape index (κ3) is 4.39. The third-order valence-corrected chi connectivity index (χ3v) is 3.15. The largest absolute Gasteiger partial charge is 0.493 e. The van der Waals surface area contributed by atoms with Crippen molar-refractivity contribution in [1.29, 1.82) is 0 Å². The summed E-state index contributed by atoms with van der Waals surface area (Å²) in [4.78, 5) is 11.9. The van der Waals surface area contributed by atoms with E-state index in [-0.39, 0.29) is 12.5 Å². The Morgan fingerprint density at radius 2 is 2.05 bits per heavy atom. The fourth-order valence-corrected chi connectivity index (χ4v) is 2.11. The third-order valence-electron chi connectivity index (χ3n) is 2.65. The van der Waals surface area contributed by atoms with Crippen molar-refractivity contribution in [1.82, 2.24) is 0 Å². The predicted molar refractivity (Wildman–Crippen MR) is 85.7 cm³/mol. The average molecular weight is 351 g/mol. The molecule has 6 heteroatoms. The number of halogens is 1. The van der Waals surface area contributed by atoms with Crippen molar-refractivity contribution in [2.75, 3.05) is 24.8 Å². The number of nitrogen functional groups attached to an aromatic ring is 1. The Labute approximate surface area is 131 Å². The van der Waals surface area contributed by atoms with E-state index in [9.17, 15) is 4.79 Å². The second kappa shape index (κ2) is 6.99. The van der Waals surface area contributed by atoms with Gasteiger partial charge in [0.05, 0.1) is 7.11 Å². The molecule has 0 aliphatic carbocycles. The van der Waals surface area contributed by atoms with Crippen LogP contribution in [0.2, 0.25) is 0 Å². The van der Waals surface area contributed by atoms with Gasteiger partial charge < -0.3 is 20.5 Å². The first-order chi connectivity index (χ1) is 10.1. The van der Waals surface area contributed by atoms with Crippen LogP contribution in [0, 0.1) is 0 Å². The number of carbonyl (C=O) groups excluding carboxylic acids is 1. The quantitative estimate of drug-likeness (QED) is 0.812. The summed E-state index contributed by atoms with van der Waals surface area (Å²) in [5.74, 6) is 0.693. The molecule has 0 atom stereocenters. The van der Waals surface area contributed by atoms with Crippen LogP contribution in [-0.4, -0.2) is 19.6 Å². The summed E-state index contributed by atoms with van der Waals surface area (Å²) in [6.07, 6.45) is 0. The molecule has 1 amide bonds. The lowest BCUT2D eigenvalue weighted by Gasteiger charge is -2.11. The van der Waals surface area contributed by atoms with Crippen LogP contribution in [0.15, 0.2) is 46.9 Å². The molecule has 0 radical (unpaired) electrons. The first-order valence-corrected chi connectivity index (χ1v) is 6.99. The molecule has 2 aromatic carbocycles. The molecule has 0 saturated heterocycles. The van der Waals surface area contributed by atoms with Crippen molar-refractivity contribution in [3.05, 3.63) is 46.9 Å². The highest BCUT2D eigenvalue weighted by Gasteiger charge is 2.08. The second-order valence-corrected chi connectivity index (χ2v) is 5.17. The van der Waals surface area contributed by atoms with Gasteiger partial charge in [-0.05, 0) is 30.3 Å². The molecule has 0 aromatic heterocycles. The van der Waals surface area contributed by atoms with Gasteiger partial charge in [0.25, 0.3) is 5.91 Å². The SMILES string of the molecule is COc1ccc(N)cc1OCC(=O)Nc1cccc(Br)c1. The number of rotatable bonds is 5. The van der Waals surface area contributed by atoms with Crippen LogP contribution in [0.3, 0.4) is 0 Å². The molecule has 5 nitrogen and oxygen atoms in total. The fraction of sp³-hybridized carbons (Fsp3) is 0.133. The van der Waals surface area contributed by atoms with Gasteiger partial charge in [0.1, 0.15) is 0 Å². The first-order valence-electron chi connectivity index (χ1n) is 6.20. The van der Waals surface area contributed by atoms with Crippen molar-refractivity contribution >= 4 is 33.2 Å². The molecule has 3 N–H and O–H groups in total. The van der Waals surface area contributed by atoms with Gasteiger partial charge in [-0.15, -0.1) is 0 Å². The van der Waals surface area contributed by atoms with E-state index in [1.165, 1.54) is 7.11 Å². The molecule has 0 aliphatic heterocycles. The van der Waals surface area contributed by atoms with Crippen molar-refractivity contribution in [2.45, 2.75) is 0 Å². The van der Waals surface area contributed by atoms with Crippen LogP contribution in [0.4, 0.5) is 11.4 Å². The summed E-state index contributed by atoms with van der Waals surface area (Å²) >= 11 is 3.34. The molecule has 0 aliphatic rings. The standard InChI is InChI=1S/C15H15BrN2O3/c1-20-13-6-5-11(17)8-14(13)21-9-15(19)18-12-4-2-3-10(16)7-12/h2-8H,9,17H2,1H3,(H,18,19). The normalized spacial score (nSPS) is 10.0. The van der Waals surface area contributed by atoms with Gasteiger partial charge in [-0.2, -0.15) is 0 Å². The molecule has 0 saturated carbocycles. The van der Waals surface area contributed by atoms with E-state index in [0.717, 1.165) is 4.47 Å². The van der Waals surface area contributed by atoms with Gasteiger partial charge in [-0.3, -0.25) is 4.79 Å². The zero-order valence-corrected chi connectivity index (χ0v) is 13.0. The summed E-state index contributed by atoms with van der Waals surface area (Å²) < 4.78 is 11.5. The Bertz CT molecular complexity index is 647. The minimum atomic E-state index is -0.266. The number of anilines is 2. The maximum atomic E-state index is 11.9. The molecular formula is C15H15BrN2O3. The van der Waals surface area contributed by atoms with E-state index >= 15 is 0 Å². The number of hydrogen-bond acceptors (Lipinski definition) is 4. The highest BCUT2D eigenvalue weighted by atomic mass is 79.9. The smallest absolute Gasteiger partial charge is 0.262 e. The minimum absolute atomic E-state index is 0.133. The topological polar surface area (TPSA) is 73.6 Å². The number of carbonyl (C=O) groups is 1. The van der Waals surface area contributed by atoms with Crippen LogP contribution in [0.5, 0.6) is 11.5 Å². The Morgan fingerprint density at radius 1 is 1.24 bits per heavy atom. The average Bonchev–Trinajstić information content (AvgIpc) is 2.45. The van der Waals surface area contributed by atoms with Crippen molar-refractivity contribution in [3.8, 4) is 11.5 Å². The fourth-order valence-electron chi connectivity index (χ4n) is 1.71. The van der Waals surface area contributed by atoms with Crippen molar-refractivity contribution in [2.24, 2.45) is 0 Å². The molecule has 0 heterocycles. The molecule has 0 unspecified atom stereocenters. The van der Waals surface area contributed by atoms with Gasteiger partial charge in [0, 0.05) is 21.9 Å². The summed E-state index contributed by atoms with van der Waals surface area (Å²) in [6, 6.07) is 12.3. The van der Waals surface area contributed by atoms with E-state index in [1.807, 2.05) is 12.1 Å². The molecule has 2 aromatic rings. The second-order valence-electron chi connectivity index (χ2n) is 4.26. The van der Waals surface area contributed by atoms with Gasteiger partial charge in [-0.1, -0.05) is 22.0 Å². The number of nitrogens with two attached hydrogens (primary N) is 1. The van der Waals surface area contributed by atoms with Gasteiger partial charge in [0.15, 0.2) is 18.1 Å². The highest BCUT2D eigenvalue weighted by Crippen LogP contribution is 2.28. The maximum absolute atomic E-state index is 11.9. The van der Waals surface area contributed by atoms with Crippen LogP contribution < -0.4 is 20.5 Å². The zero-order valence-electron chi connectivity index (χ0n) is 11.4. The summed E-state index contributed by atoms with van der Waals surface area (Å²) in [5, 5.41) is 2.74. The molecule has 110 valence electrons. The number of methoxy groups -OCH3 is 1. The number of ether oxygens (including phenoxy) is 2.